The quantitative estimate of drug-likeness (QED) is 0.147. The normalized spacial score (nSPS) is 18.1. The second-order valence-corrected chi connectivity index (χ2v) is 10.0. The number of carbonyl (C=O) groups is 1. The van der Waals surface area contributed by atoms with Gasteiger partial charge in [-0.2, -0.15) is 0 Å². The van der Waals surface area contributed by atoms with Crippen molar-refractivity contribution in [1.82, 2.24) is 0 Å². The van der Waals surface area contributed by atoms with E-state index in [1.807, 2.05) is 38.1 Å². The molecule has 0 saturated heterocycles. The Labute approximate surface area is 196 Å². The molecular weight excluding hydrogens is 400 g/mol. The molecule has 2 rings (SSSR count). The van der Waals surface area contributed by atoms with Crippen LogP contribution in [0.3, 0.4) is 0 Å². The third kappa shape index (κ3) is 8.77. The lowest BCUT2D eigenvalue weighted by atomic mass is 9.86. The molecule has 32 heavy (non-hydrogen) atoms. The molecule has 1 aliphatic heterocycles. The Morgan fingerprint density at radius 3 is 2.09 bits per heavy atom. The highest BCUT2D eigenvalue weighted by Crippen LogP contribution is 2.37. The van der Waals surface area contributed by atoms with Crippen molar-refractivity contribution in [3.05, 3.63) is 29.8 Å². The number of para-hydroxylation sites is 1. The fraction of sp³-hybridized carbons (Fsp3) is 0.750. The summed E-state index contributed by atoms with van der Waals surface area (Å²) in [6.07, 6.45) is 17.9. The van der Waals surface area contributed by atoms with Crippen LogP contribution in [0.4, 0.5) is 0 Å². The topological polar surface area (TPSA) is 44.8 Å². The Hall–Kier alpha value is -1.55. The maximum atomic E-state index is 13.0. The summed E-state index contributed by atoms with van der Waals surface area (Å²) >= 11 is 0. The van der Waals surface area contributed by atoms with Crippen LogP contribution in [-0.2, 0) is 20.7 Å². The summed E-state index contributed by atoms with van der Waals surface area (Å²) in [4.78, 5) is 13.0. The Morgan fingerprint density at radius 1 is 0.938 bits per heavy atom. The molecule has 4 nitrogen and oxygen atoms in total. The Kier molecular flexibility index (Phi) is 11.6. The number of rotatable bonds is 16. The van der Waals surface area contributed by atoms with Gasteiger partial charge in [0.25, 0.3) is 0 Å². The number of hydrogen-bond donors (Lipinski definition) is 0. The molecule has 0 radical (unpaired) electrons. The molecule has 1 aliphatic rings. The third-order valence-electron chi connectivity index (χ3n) is 6.71. The first-order chi connectivity index (χ1) is 15.4. The van der Waals surface area contributed by atoms with Crippen LogP contribution in [0, 0.1) is 5.41 Å². The van der Waals surface area contributed by atoms with Gasteiger partial charge in [-0.25, -0.2) is 0 Å². The second kappa shape index (κ2) is 13.9. The minimum atomic E-state index is -1.32. The molecule has 1 atom stereocenters. The van der Waals surface area contributed by atoms with E-state index in [-0.39, 0.29) is 5.97 Å². The molecule has 182 valence electrons. The summed E-state index contributed by atoms with van der Waals surface area (Å²) in [5, 5.41) is 0. The van der Waals surface area contributed by atoms with Gasteiger partial charge in [-0.15, -0.1) is 0 Å². The van der Waals surface area contributed by atoms with Crippen molar-refractivity contribution in [2.24, 2.45) is 5.41 Å². The van der Waals surface area contributed by atoms with Gasteiger partial charge in [0, 0.05) is 7.11 Å². The molecule has 0 aliphatic carbocycles. The number of fused-ring (bicyclic) bond motifs is 1. The van der Waals surface area contributed by atoms with Crippen molar-refractivity contribution in [2.45, 2.75) is 123 Å². The lowest BCUT2D eigenvalue weighted by Gasteiger charge is -2.37. The number of aryl methyl sites for hydroxylation is 1. The summed E-state index contributed by atoms with van der Waals surface area (Å²) in [6.45, 7) is 6.20. The van der Waals surface area contributed by atoms with Gasteiger partial charge < -0.3 is 14.2 Å². The van der Waals surface area contributed by atoms with E-state index in [4.69, 9.17) is 14.2 Å². The van der Waals surface area contributed by atoms with Crippen LogP contribution in [0.1, 0.15) is 116 Å². The summed E-state index contributed by atoms with van der Waals surface area (Å²) in [7, 11) is 1.54. The highest BCUT2D eigenvalue weighted by Gasteiger charge is 2.44. The number of hydrogen-bond acceptors (Lipinski definition) is 4. The fourth-order valence-corrected chi connectivity index (χ4v) is 4.36. The summed E-state index contributed by atoms with van der Waals surface area (Å²) in [5.41, 5.74) is 0.566. The zero-order valence-corrected chi connectivity index (χ0v) is 21.0. The second-order valence-electron chi connectivity index (χ2n) is 10.0. The molecule has 1 aromatic carbocycles. The van der Waals surface area contributed by atoms with Crippen LogP contribution in [-0.4, -0.2) is 19.1 Å². The monoisotopic (exact) mass is 446 g/mol. The van der Waals surface area contributed by atoms with Crippen molar-refractivity contribution in [3.8, 4) is 5.75 Å². The van der Waals surface area contributed by atoms with Gasteiger partial charge in [-0.1, -0.05) is 102 Å². The van der Waals surface area contributed by atoms with Crippen molar-refractivity contribution in [2.75, 3.05) is 7.11 Å². The van der Waals surface area contributed by atoms with Gasteiger partial charge in [-0.05, 0) is 38.3 Å². The first kappa shape index (κ1) is 26.7. The molecule has 4 heteroatoms. The fourth-order valence-electron chi connectivity index (χ4n) is 4.36. The van der Waals surface area contributed by atoms with Crippen molar-refractivity contribution < 1.29 is 19.0 Å². The van der Waals surface area contributed by atoms with E-state index in [0.29, 0.717) is 6.42 Å². The maximum Gasteiger partial charge on any atom is 0.373 e. The number of esters is 1. The van der Waals surface area contributed by atoms with Crippen LogP contribution >= 0.6 is 0 Å². The average Bonchev–Trinajstić information content (AvgIpc) is 2.79. The molecular formula is C28H46O4. The molecule has 1 unspecified atom stereocenters. The third-order valence-corrected chi connectivity index (χ3v) is 6.71. The minimum absolute atomic E-state index is 0.248. The number of benzene rings is 1. The first-order valence-corrected chi connectivity index (χ1v) is 13.0. The van der Waals surface area contributed by atoms with Crippen molar-refractivity contribution in [1.29, 1.82) is 0 Å². The molecule has 0 N–H and O–H groups in total. The maximum absolute atomic E-state index is 13.0. The van der Waals surface area contributed by atoms with Crippen molar-refractivity contribution >= 4 is 5.97 Å². The highest BCUT2D eigenvalue weighted by atomic mass is 16.9. The summed E-state index contributed by atoms with van der Waals surface area (Å²) in [6, 6.07) is 7.84. The predicted molar refractivity (Wildman–Crippen MR) is 131 cm³/mol. The summed E-state index contributed by atoms with van der Waals surface area (Å²) < 4.78 is 17.4. The van der Waals surface area contributed by atoms with Gasteiger partial charge >= 0.3 is 11.9 Å². The molecule has 0 aromatic heterocycles. The Balaban J connectivity index is 1.63. The highest BCUT2D eigenvalue weighted by molar-refractivity contribution is 5.76. The largest absolute Gasteiger partial charge is 0.430 e. The van der Waals surface area contributed by atoms with E-state index < -0.39 is 11.4 Å². The van der Waals surface area contributed by atoms with Gasteiger partial charge in [0.05, 0.1) is 11.8 Å². The van der Waals surface area contributed by atoms with E-state index in [1.54, 1.807) is 7.11 Å². The van der Waals surface area contributed by atoms with Crippen LogP contribution < -0.4 is 4.74 Å². The lowest BCUT2D eigenvalue weighted by Crippen LogP contribution is -2.48. The zero-order valence-electron chi connectivity index (χ0n) is 21.0. The number of carbonyl (C=O) groups excluding carboxylic acids is 1. The van der Waals surface area contributed by atoms with Crippen LogP contribution in [0.2, 0.25) is 0 Å². The van der Waals surface area contributed by atoms with Crippen LogP contribution in [0.5, 0.6) is 5.75 Å². The van der Waals surface area contributed by atoms with E-state index in [0.717, 1.165) is 30.6 Å². The van der Waals surface area contributed by atoms with Crippen LogP contribution in [0.15, 0.2) is 24.3 Å². The molecule has 0 bridgehead atoms. The molecule has 0 saturated carbocycles. The van der Waals surface area contributed by atoms with Gasteiger partial charge in [-0.3, -0.25) is 4.79 Å². The lowest BCUT2D eigenvalue weighted by molar-refractivity contribution is -0.326. The summed E-state index contributed by atoms with van der Waals surface area (Å²) in [5.74, 6) is -0.840. The predicted octanol–water partition coefficient (Wildman–Crippen LogP) is 7.97. The Morgan fingerprint density at radius 2 is 1.50 bits per heavy atom. The Bertz CT molecular complexity index is 669. The molecule has 0 spiro atoms. The van der Waals surface area contributed by atoms with E-state index in [9.17, 15) is 4.79 Å². The van der Waals surface area contributed by atoms with Crippen molar-refractivity contribution in [3.63, 3.8) is 0 Å². The van der Waals surface area contributed by atoms with Gasteiger partial charge in [0.2, 0.25) is 0 Å². The standard InChI is InChI=1S/C28H46O4/c1-5-6-7-8-9-10-11-12-13-14-15-18-22-27(2,3)26(29)32-28(30-4)23-21-24-19-16-17-20-25(24)31-28/h16-17,19-20H,5-15,18,21-23H2,1-4H3. The SMILES string of the molecule is CCCCCCCCCCCCCCC(C)(C)C(=O)OC1(OC)CCc2ccccc2O1. The number of ether oxygens (including phenoxy) is 3. The zero-order chi connectivity index (χ0) is 23.3. The van der Waals surface area contributed by atoms with Gasteiger partial charge in [0.1, 0.15) is 5.75 Å². The number of methoxy groups -OCH3 is 1. The minimum Gasteiger partial charge on any atom is -0.430 e. The number of unbranched alkanes of at least 4 members (excludes halogenated alkanes) is 11. The first-order valence-electron chi connectivity index (χ1n) is 13.0. The average molecular weight is 447 g/mol. The van der Waals surface area contributed by atoms with Gasteiger partial charge in [0.15, 0.2) is 0 Å². The molecule has 1 heterocycles. The van der Waals surface area contributed by atoms with Crippen LogP contribution in [0.25, 0.3) is 0 Å². The van der Waals surface area contributed by atoms with E-state index in [1.165, 1.54) is 70.6 Å². The smallest absolute Gasteiger partial charge is 0.373 e. The van der Waals surface area contributed by atoms with E-state index >= 15 is 0 Å². The van der Waals surface area contributed by atoms with E-state index in [2.05, 4.69) is 6.92 Å². The molecule has 0 amide bonds. The molecule has 0 fully saturated rings. The molecule has 1 aromatic rings.